The minimum Gasteiger partial charge on any atom is -0.771 e. The highest BCUT2D eigenvalue weighted by atomic mass is 32.2. The normalized spacial score (nSPS) is 11.9. The first-order chi connectivity index (χ1) is 15.3. The highest BCUT2D eigenvalue weighted by Gasteiger charge is 2.18. The van der Waals surface area contributed by atoms with Gasteiger partial charge >= 0.3 is 0 Å². The number of nitrogens with one attached hydrogen (secondary N) is 2. The number of nitrogens with two attached hydrogens (primary N) is 1. The summed E-state index contributed by atoms with van der Waals surface area (Å²) in [5, 5.41) is 3.31. The zero-order valence-corrected chi connectivity index (χ0v) is 17.8. The van der Waals surface area contributed by atoms with Crippen LogP contribution in [-0.4, -0.2) is 30.1 Å². The van der Waals surface area contributed by atoms with Crippen LogP contribution in [0.3, 0.4) is 0 Å². The van der Waals surface area contributed by atoms with Crippen molar-refractivity contribution in [1.82, 2.24) is 9.55 Å². The lowest BCUT2D eigenvalue weighted by Crippen LogP contribution is -2.17. The number of aromatic amines is 1. The molecule has 1 atom stereocenters. The number of hydrogen-bond donors (Lipinski definition) is 3. The second-order valence-electron chi connectivity index (χ2n) is 7.05. The minimum atomic E-state index is -2.28. The van der Waals surface area contributed by atoms with E-state index in [2.05, 4.69) is 10.3 Å². The maximum absolute atomic E-state index is 12.6. The average Bonchev–Trinajstić information content (AvgIpc) is 3.22. The van der Waals surface area contributed by atoms with Crippen LogP contribution in [0.4, 0.5) is 5.69 Å². The topological polar surface area (TPSA) is 142 Å². The van der Waals surface area contributed by atoms with E-state index in [1.54, 1.807) is 43.6 Å². The number of para-hydroxylation sites is 1. The molecule has 164 valence electrons. The Kier molecular flexibility index (Phi) is 5.80. The molecule has 1 unspecified atom stereocenters. The predicted octanol–water partition coefficient (Wildman–Crippen LogP) is 2.67. The van der Waals surface area contributed by atoms with Crippen molar-refractivity contribution in [3.8, 4) is 22.6 Å². The van der Waals surface area contributed by atoms with Gasteiger partial charge in [-0.25, -0.2) is 0 Å². The summed E-state index contributed by atoms with van der Waals surface area (Å²) in [6.45, 7) is 0. The number of hydrogen-bond acceptors (Lipinski definition) is 6. The number of primary amides is 1. The van der Waals surface area contributed by atoms with Gasteiger partial charge in [0.2, 0.25) is 0 Å². The molecule has 2 aromatic heterocycles. The van der Waals surface area contributed by atoms with Crippen molar-refractivity contribution in [2.75, 3.05) is 11.2 Å². The summed E-state index contributed by atoms with van der Waals surface area (Å²) in [7, 11) is 1.59. The quantitative estimate of drug-likeness (QED) is 0.369. The first kappa shape index (κ1) is 21.3. The van der Waals surface area contributed by atoms with E-state index >= 15 is 0 Å². The molecule has 0 spiro atoms. The van der Waals surface area contributed by atoms with E-state index in [-0.39, 0.29) is 22.6 Å². The summed E-state index contributed by atoms with van der Waals surface area (Å²) >= 11 is -2.28. The van der Waals surface area contributed by atoms with Gasteiger partial charge in [-0.3, -0.25) is 13.8 Å². The van der Waals surface area contributed by atoms with Gasteiger partial charge in [-0.15, -0.1) is 0 Å². The molecule has 0 aliphatic heterocycles. The Labute approximate surface area is 185 Å². The Morgan fingerprint density at radius 1 is 1.19 bits per heavy atom. The molecule has 0 aliphatic rings. The highest BCUT2D eigenvalue weighted by molar-refractivity contribution is 7.79. The van der Waals surface area contributed by atoms with Crippen LogP contribution in [0, 0.1) is 0 Å². The lowest BCUT2D eigenvalue weighted by molar-refractivity contribution is 0.0996. The largest absolute Gasteiger partial charge is 0.771 e. The maximum Gasteiger partial charge on any atom is 0.274 e. The van der Waals surface area contributed by atoms with Gasteiger partial charge in [0, 0.05) is 35.4 Å². The second-order valence-corrected chi connectivity index (χ2v) is 7.94. The average molecular weight is 451 g/mol. The Morgan fingerprint density at radius 2 is 1.94 bits per heavy atom. The van der Waals surface area contributed by atoms with Gasteiger partial charge in [-0.2, -0.15) is 0 Å². The van der Waals surface area contributed by atoms with Gasteiger partial charge in [-0.05, 0) is 47.5 Å². The van der Waals surface area contributed by atoms with Crippen molar-refractivity contribution in [2.24, 2.45) is 12.8 Å². The number of nitrogens with zero attached hydrogens (tertiary/aromatic N) is 1. The van der Waals surface area contributed by atoms with Crippen molar-refractivity contribution in [1.29, 1.82) is 0 Å². The third-order valence-electron chi connectivity index (χ3n) is 4.87. The van der Waals surface area contributed by atoms with E-state index in [0.717, 1.165) is 0 Å². The molecule has 0 radical (unpaired) electrons. The molecule has 2 heterocycles. The Hall–Kier alpha value is -3.89. The fourth-order valence-corrected chi connectivity index (χ4v) is 3.66. The van der Waals surface area contributed by atoms with Crippen molar-refractivity contribution >= 4 is 33.6 Å². The summed E-state index contributed by atoms with van der Waals surface area (Å²) in [4.78, 5) is 27.1. The van der Waals surface area contributed by atoms with Crippen molar-refractivity contribution < 1.29 is 18.3 Å². The Morgan fingerprint density at radius 3 is 2.62 bits per heavy atom. The molecular formula is C22H19N4O5S-. The fraction of sp³-hybridized carbons (Fsp3) is 0.0909. The van der Waals surface area contributed by atoms with Gasteiger partial charge in [0.15, 0.2) is 0 Å². The van der Waals surface area contributed by atoms with E-state index < -0.39 is 17.0 Å². The van der Waals surface area contributed by atoms with Crippen LogP contribution in [0.15, 0.2) is 65.6 Å². The number of aromatic nitrogens is 2. The first-order valence-corrected chi connectivity index (χ1v) is 10.8. The van der Waals surface area contributed by atoms with Crippen LogP contribution >= 0.6 is 0 Å². The first-order valence-electron chi connectivity index (χ1n) is 9.52. The molecule has 32 heavy (non-hydrogen) atoms. The number of ether oxygens (including phenoxy) is 1. The number of H-pyrrole nitrogens is 1. The summed E-state index contributed by atoms with van der Waals surface area (Å²) in [6.07, 6.45) is 1.63. The predicted molar refractivity (Wildman–Crippen MR) is 121 cm³/mol. The molecule has 0 fully saturated rings. The molecule has 0 bridgehead atoms. The molecule has 4 aromatic rings. The lowest BCUT2D eigenvalue weighted by Gasteiger charge is -2.16. The van der Waals surface area contributed by atoms with E-state index in [1.165, 1.54) is 10.6 Å². The van der Waals surface area contributed by atoms with Crippen LogP contribution in [0.25, 0.3) is 22.0 Å². The maximum atomic E-state index is 12.6. The molecule has 2 aromatic carbocycles. The van der Waals surface area contributed by atoms with Gasteiger partial charge in [0.1, 0.15) is 22.7 Å². The summed E-state index contributed by atoms with van der Waals surface area (Å²) in [5.74, 6) is 0.120. The second kappa shape index (κ2) is 8.69. The Balaban J connectivity index is 1.93. The zero-order chi connectivity index (χ0) is 22.8. The van der Waals surface area contributed by atoms with Crippen molar-refractivity contribution in [3.63, 3.8) is 0 Å². The SMILES string of the molecule is Cn1cc(-c2cc(NCS(=O)[O-])ccc2Oc2ccccc2)c2cc(C(N)=O)[nH]c2c1=O. The molecule has 0 saturated carbocycles. The third-order valence-corrected chi connectivity index (χ3v) is 5.25. The van der Waals surface area contributed by atoms with E-state index in [1.807, 2.05) is 18.2 Å². The van der Waals surface area contributed by atoms with Crippen molar-refractivity contribution in [2.45, 2.75) is 0 Å². The van der Waals surface area contributed by atoms with Crippen LogP contribution in [0.1, 0.15) is 10.5 Å². The summed E-state index contributed by atoms with van der Waals surface area (Å²) < 4.78 is 29.4. The Bertz CT molecular complexity index is 1390. The van der Waals surface area contributed by atoms with Gasteiger partial charge in [-0.1, -0.05) is 18.2 Å². The van der Waals surface area contributed by atoms with E-state index in [0.29, 0.717) is 33.7 Å². The van der Waals surface area contributed by atoms with Crippen molar-refractivity contribution in [3.05, 3.63) is 76.8 Å². The van der Waals surface area contributed by atoms with Crippen LogP contribution < -0.4 is 21.3 Å². The van der Waals surface area contributed by atoms with Crippen LogP contribution in [-0.2, 0) is 18.1 Å². The zero-order valence-electron chi connectivity index (χ0n) is 17.0. The molecule has 4 rings (SSSR count). The molecule has 4 N–H and O–H groups in total. The molecular weight excluding hydrogens is 432 g/mol. The number of carbonyl (C=O) groups excluding carboxylic acids is 1. The number of benzene rings is 2. The molecule has 0 aliphatic carbocycles. The number of anilines is 1. The summed E-state index contributed by atoms with van der Waals surface area (Å²) in [5.41, 5.74) is 7.14. The number of aryl methyl sites for hydroxylation is 1. The van der Waals surface area contributed by atoms with Gasteiger partial charge in [0.05, 0.1) is 5.88 Å². The molecule has 1 amide bonds. The summed E-state index contributed by atoms with van der Waals surface area (Å²) in [6, 6.07) is 15.8. The third kappa shape index (κ3) is 4.27. The molecule has 0 saturated heterocycles. The number of amides is 1. The molecule has 9 nitrogen and oxygen atoms in total. The number of pyridine rings is 1. The van der Waals surface area contributed by atoms with Crippen LogP contribution in [0.5, 0.6) is 11.5 Å². The minimum absolute atomic E-state index is 0.103. The van der Waals surface area contributed by atoms with Gasteiger partial charge in [0.25, 0.3) is 11.5 Å². The monoisotopic (exact) mass is 451 g/mol. The van der Waals surface area contributed by atoms with E-state index in [9.17, 15) is 18.4 Å². The lowest BCUT2D eigenvalue weighted by atomic mass is 10.0. The number of carbonyl (C=O) groups is 1. The van der Waals surface area contributed by atoms with E-state index in [4.69, 9.17) is 10.5 Å². The fourth-order valence-electron chi connectivity index (χ4n) is 3.38. The van der Waals surface area contributed by atoms with Gasteiger partial charge < -0.3 is 29.9 Å². The number of rotatable bonds is 7. The van der Waals surface area contributed by atoms with Crippen LogP contribution in [0.2, 0.25) is 0 Å². The standard InChI is InChI=1S/C22H20N4O5S/c1-26-11-17(16-10-18(21(23)27)25-20(16)22(26)28)15-9-13(24-12-32(29)30)7-8-19(15)31-14-5-3-2-4-6-14/h2-11,24-25H,12H2,1H3,(H2,23,27)(H,29,30)/p-1. The smallest absolute Gasteiger partial charge is 0.274 e. The number of fused-ring (bicyclic) bond motifs is 1. The highest BCUT2D eigenvalue weighted by Crippen LogP contribution is 2.38. The molecule has 10 heteroatoms.